The Bertz CT molecular complexity index is 1480. The summed E-state index contributed by atoms with van der Waals surface area (Å²) in [6.07, 6.45) is 1.91. The first kappa shape index (κ1) is 27.8. The Kier molecular flexibility index (Phi) is 8.71. The third kappa shape index (κ3) is 6.24. The van der Waals surface area contributed by atoms with Crippen molar-refractivity contribution in [2.24, 2.45) is 5.73 Å². The highest BCUT2D eigenvalue weighted by molar-refractivity contribution is 5.74. The van der Waals surface area contributed by atoms with Crippen LogP contribution in [0, 0.1) is 21.4 Å². The molecule has 1 aliphatic heterocycles. The fourth-order valence-electron chi connectivity index (χ4n) is 4.12. The molecule has 2 N–H and O–H groups in total. The summed E-state index contributed by atoms with van der Waals surface area (Å²) in [6, 6.07) is 17.7. The molecule has 0 saturated heterocycles. The number of benzene rings is 3. The van der Waals surface area contributed by atoms with Crippen molar-refractivity contribution in [3.05, 3.63) is 93.4 Å². The third-order valence-corrected chi connectivity index (χ3v) is 6.10. The van der Waals surface area contributed by atoms with Crippen molar-refractivity contribution in [3.63, 3.8) is 0 Å². The Balaban J connectivity index is 1.52. The normalized spacial score (nSPS) is 13.9. The number of nitro benzene ring substituents is 1. The molecular weight excluding hydrogens is 518 g/mol. The zero-order valence-electron chi connectivity index (χ0n) is 21.9. The molecule has 0 fully saturated rings. The molecule has 1 unspecified atom stereocenters. The second-order valence-electron chi connectivity index (χ2n) is 8.75. The lowest BCUT2D eigenvalue weighted by atomic mass is 9.83. The summed E-state index contributed by atoms with van der Waals surface area (Å²) in [5.41, 5.74) is 7.64. The summed E-state index contributed by atoms with van der Waals surface area (Å²) in [5.74, 6) is 0.589. The van der Waals surface area contributed by atoms with E-state index in [1.165, 1.54) is 30.3 Å². The van der Waals surface area contributed by atoms with Crippen LogP contribution in [0.4, 0.5) is 5.69 Å². The maximum Gasteiger partial charge on any atom is 0.349 e. The summed E-state index contributed by atoms with van der Waals surface area (Å²) in [7, 11) is 1.55. The van der Waals surface area contributed by atoms with Gasteiger partial charge >= 0.3 is 5.97 Å². The predicted molar refractivity (Wildman–Crippen MR) is 143 cm³/mol. The quantitative estimate of drug-likeness (QED) is 0.114. The largest absolute Gasteiger partial charge is 0.493 e. The second kappa shape index (κ2) is 12.5. The van der Waals surface area contributed by atoms with Crippen molar-refractivity contribution < 1.29 is 33.4 Å². The molecular formula is C29H27N3O8. The summed E-state index contributed by atoms with van der Waals surface area (Å²) < 4.78 is 27.8. The second-order valence-corrected chi connectivity index (χ2v) is 8.75. The Labute approximate surface area is 230 Å². The fraction of sp³-hybridized carbons (Fsp3) is 0.241. The number of nitrogens with two attached hydrogens (primary N) is 1. The minimum atomic E-state index is -0.699. The van der Waals surface area contributed by atoms with E-state index in [1.807, 2.05) is 6.07 Å². The maximum atomic E-state index is 12.4. The van der Waals surface area contributed by atoms with Crippen LogP contribution in [-0.4, -0.2) is 31.2 Å². The van der Waals surface area contributed by atoms with Crippen LogP contribution in [-0.2, 0) is 4.79 Å². The van der Waals surface area contributed by atoms with Gasteiger partial charge in [-0.05, 0) is 42.3 Å². The van der Waals surface area contributed by atoms with E-state index < -0.39 is 23.4 Å². The first-order valence-electron chi connectivity index (χ1n) is 12.4. The number of nitrogens with zero attached hydrogens (tertiary/aromatic N) is 2. The molecule has 0 radical (unpaired) electrons. The Morgan fingerprint density at radius 1 is 1.07 bits per heavy atom. The highest BCUT2D eigenvalue weighted by Gasteiger charge is 2.32. The van der Waals surface area contributed by atoms with Crippen LogP contribution in [0.2, 0.25) is 0 Å². The molecule has 1 heterocycles. The number of carbonyl (C=O) groups is 1. The van der Waals surface area contributed by atoms with E-state index in [1.54, 1.807) is 31.4 Å². The van der Waals surface area contributed by atoms with E-state index in [-0.39, 0.29) is 28.6 Å². The Morgan fingerprint density at radius 3 is 2.50 bits per heavy atom. The zero-order valence-corrected chi connectivity index (χ0v) is 21.9. The number of nitriles is 1. The van der Waals surface area contributed by atoms with Gasteiger partial charge in [0.25, 0.3) is 5.69 Å². The van der Waals surface area contributed by atoms with Gasteiger partial charge in [0.15, 0.2) is 18.1 Å². The number of ether oxygens (including phenoxy) is 5. The highest BCUT2D eigenvalue weighted by atomic mass is 16.6. The monoisotopic (exact) mass is 545 g/mol. The van der Waals surface area contributed by atoms with E-state index in [0.717, 1.165) is 18.4 Å². The lowest BCUT2D eigenvalue weighted by Gasteiger charge is -2.27. The summed E-state index contributed by atoms with van der Waals surface area (Å²) in [5, 5.41) is 20.6. The smallest absolute Gasteiger partial charge is 0.349 e. The van der Waals surface area contributed by atoms with Gasteiger partial charge in [0.05, 0.1) is 24.6 Å². The maximum absolute atomic E-state index is 12.4. The van der Waals surface area contributed by atoms with Crippen LogP contribution < -0.4 is 29.4 Å². The van der Waals surface area contributed by atoms with Crippen molar-refractivity contribution in [1.82, 2.24) is 0 Å². The Hall–Kier alpha value is -5.24. The average molecular weight is 546 g/mol. The van der Waals surface area contributed by atoms with Crippen LogP contribution in [0.1, 0.15) is 36.8 Å². The molecule has 206 valence electrons. The van der Waals surface area contributed by atoms with E-state index in [9.17, 15) is 20.2 Å². The molecule has 0 aromatic heterocycles. The summed E-state index contributed by atoms with van der Waals surface area (Å²) in [4.78, 5) is 22.6. The standard InChI is InChI=1S/C29H27N3O8/c1-3-4-13-37-24-12-5-18(14-26(24)36-2)28-22-11-10-21(15-25(22)40-29(31)23(28)16-30)39-27(33)17-38-20-8-6-19(7-9-20)32(34)35/h5-12,14-15,28H,3-4,13,17,31H2,1-2H3. The number of hydrogen-bond acceptors (Lipinski definition) is 10. The van der Waals surface area contributed by atoms with Crippen molar-refractivity contribution in [2.45, 2.75) is 25.7 Å². The lowest BCUT2D eigenvalue weighted by Crippen LogP contribution is -2.22. The molecule has 3 aromatic rings. The Morgan fingerprint density at radius 2 is 1.82 bits per heavy atom. The number of esters is 1. The predicted octanol–water partition coefficient (Wildman–Crippen LogP) is 4.98. The lowest BCUT2D eigenvalue weighted by molar-refractivity contribution is -0.384. The van der Waals surface area contributed by atoms with Gasteiger partial charge in [0.2, 0.25) is 5.88 Å². The first-order chi connectivity index (χ1) is 19.3. The third-order valence-electron chi connectivity index (χ3n) is 6.10. The molecule has 0 bridgehead atoms. The molecule has 40 heavy (non-hydrogen) atoms. The van der Waals surface area contributed by atoms with Crippen LogP contribution >= 0.6 is 0 Å². The van der Waals surface area contributed by atoms with E-state index in [2.05, 4.69) is 13.0 Å². The van der Waals surface area contributed by atoms with Gasteiger partial charge in [-0.3, -0.25) is 10.1 Å². The topological polar surface area (TPSA) is 156 Å². The number of allylic oxidation sites excluding steroid dienone is 1. The fourth-order valence-corrected chi connectivity index (χ4v) is 4.12. The average Bonchev–Trinajstić information content (AvgIpc) is 2.95. The van der Waals surface area contributed by atoms with Crippen LogP contribution in [0.25, 0.3) is 0 Å². The SMILES string of the molecule is CCCCOc1ccc(C2C(C#N)=C(N)Oc3cc(OC(=O)COc4ccc([N+](=O)[O-])cc4)ccc32)cc1OC. The van der Waals surface area contributed by atoms with Gasteiger partial charge < -0.3 is 29.4 Å². The first-order valence-corrected chi connectivity index (χ1v) is 12.4. The number of nitro groups is 1. The van der Waals surface area contributed by atoms with Gasteiger partial charge in [0, 0.05) is 23.8 Å². The van der Waals surface area contributed by atoms with Crippen LogP contribution in [0.3, 0.4) is 0 Å². The minimum Gasteiger partial charge on any atom is -0.493 e. The number of unbranched alkanes of at least 4 members (excludes halogenated alkanes) is 1. The van der Waals surface area contributed by atoms with E-state index in [0.29, 0.717) is 29.4 Å². The number of methoxy groups -OCH3 is 1. The number of non-ortho nitro benzene ring substituents is 1. The molecule has 1 aliphatic rings. The van der Waals surface area contributed by atoms with Crippen LogP contribution in [0.5, 0.6) is 28.7 Å². The molecule has 0 spiro atoms. The van der Waals surface area contributed by atoms with Crippen molar-refractivity contribution in [2.75, 3.05) is 20.3 Å². The summed E-state index contributed by atoms with van der Waals surface area (Å²) in [6.45, 7) is 2.21. The van der Waals surface area contributed by atoms with Gasteiger partial charge in [0.1, 0.15) is 28.9 Å². The highest BCUT2D eigenvalue weighted by Crippen LogP contribution is 2.45. The minimum absolute atomic E-state index is 0.0628. The molecule has 11 heteroatoms. The molecule has 3 aromatic carbocycles. The van der Waals surface area contributed by atoms with Crippen molar-refractivity contribution in [3.8, 4) is 34.8 Å². The molecule has 4 rings (SSSR count). The molecule has 11 nitrogen and oxygen atoms in total. The van der Waals surface area contributed by atoms with Gasteiger partial charge in [-0.1, -0.05) is 25.5 Å². The van der Waals surface area contributed by atoms with Gasteiger partial charge in [-0.25, -0.2) is 4.79 Å². The molecule has 0 aliphatic carbocycles. The molecule has 1 atom stereocenters. The number of fused-ring (bicyclic) bond motifs is 1. The summed E-state index contributed by atoms with van der Waals surface area (Å²) >= 11 is 0. The number of hydrogen-bond donors (Lipinski definition) is 1. The van der Waals surface area contributed by atoms with Gasteiger partial charge in [-0.15, -0.1) is 0 Å². The zero-order chi connectivity index (χ0) is 28.6. The van der Waals surface area contributed by atoms with Crippen molar-refractivity contribution in [1.29, 1.82) is 5.26 Å². The molecule has 0 amide bonds. The van der Waals surface area contributed by atoms with E-state index >= 15 is 0 Å². The van der Waals surface area contributed by atoms with Crippen LogP contribution in [0.15, 0.2) is 72.1 Å². The number of carbonyl (C=O) groups excluding carboxylic acids is 1. The van der Waals surface area contributed by atoms with E-state index in [4.69, 9.17) is 29.4 Å². The van der Waals surface area contributed by atoms with Crippen molar-refractivity contribution >= 4 is 11.7 Å². The molecule has 0 saturated carbocycles. The number of rotatable bonds is 11. The van der Waals surface area contributed by atoms with Gasteiger partial charge in [-0.2, -0.15) is 5.26 Å².